The SMILES string of the molecule is NC(C1CCN(I)C1)C1NC=CS1. The minimum absolute atomic E-state index is 0.278. The van der Waals surface area contributed by atoms with E-state index in [4.69, 9.17) is 5.73 Å². The first kappa shape index (κ1) is 10.1. The van der Waals surface area contributed by atoms with E-state index in [1.807, 2.05) is 6.20 Å². The van der Waals surface area contributed by atoms with Crippen LogP contribution in [-0.2, 0) is 0 Å². The second-order valence-electron chi connectivity index (χ2n) is 3.52. The van der Waals surface area contributed by atoms with E-state index in [0.29, 0.717) is 11.3 Å². The number of hydrogen-bond donors (Lipinski definition) is 2. The Hall–Kier alpha value is 0.540. The zero-order chi connectivity index (χ0) is 9.26. The molecule has 2 aliphatic rings. The maximum absolute atomic E-state index is 6.19. The van der Waals surface area contributed by atoms with E-state index in [1.54, 1.807) is 11.8 Å². The summed E-state index contributed by atoms with van der Waals surface area (Å²) in [4.78, 5) is 0. The molecule has 3 atom stereocenters. The molecule has 0 aromatic heterocycles. The predicted molar refractivity (Wildman–Crippen MR) is 65.3 cm³/mol. The first-order valence-corrected chi connectivity index (χ1v) is 6.41. The molecule has 74 valence electrons. The number of hydrogen-bond acceptors (Lipinski definition) is 4. The van der Waals surface area contributed by atoms with Crippen LogP contribution in [-0.4, -0.2) is 27.6 Å². The highest BCUT2D eigenvalue weighted by atomic mass is 127. The van der Waals surface area contributed by atoms with E-state index < -0.39 is 0 Å². The number of nitrogens with zero attached hydrogens (tertiary/aromatic N) is 1. The Balaban J connectivity index is 1.86. The summed E-state index contributed by atoms with van der Waals surface area (Å²) >= 11 is 4.18. The van der Waals surface area contributed by atoms with Crippen LogP contribution >= 0.6 is 34.6 Å². The zero-order valence-corrected chi connectivity index (χ0v) is 10.3. The Kier molecular flexibility index (Phi) is 3.39. The van der Waals surface area contributed by atoms with Gasteiger partial charge in [-0.25, -0.2) is 3.11 Å². The molecular weight excluding hydrogens is 297 g/mol. The van der Waals surface area contributed by atoms with Gasteiger partial charge in [-0.3, -0.25) is 0 Å². The lowest BCUT2D eigenvalue weighted by Gasteiger charge is -2.24. The first-order chi connectivity index (χ1) is 6.27. The van der Waals surface area contributed by atoms with Crippen molar-refractivity contribution in [3.63, 3.8) is 0 Å². The Morgan fingerprint density at radius 1 is 1.69 bits per heavy atom. The van der Waals surface area contributed by atoms with Gasteiger partial charge in [0.05, 0.1) is 5.37 Å². The standard InChI is InChI=1S/C8H14IN3S/c9-12-3-1-6(5-12)7(10)8-11-2-4-13-8/h2,4,6-8,11H,1,3,5,10H2. The van der Waals surface area contributed by atoms with Gasteiger partial charge in [0, 0.05) is 48.2 Å². The van der Waals surface area contributed by atoms with E-state index in [2.05, 4.69) is 36.7 Å². The lowest BCUT2D eigenvalue weighted by Crippen LogP contribution is -2.44. The van der Waals surface area contributed by atoms with Crippen LogP contribution in [0.5, 0.6) is 0 Å². The summed E-state index contributed by atoms with van der Waals surface area (Å²) in [5.74, 6) is 0.654. The average Bonchev–Trinajstić information content (AvgIpc) is 2.72. The molecule has 0 spiro atoms. The second-order valence-corrected chi connectivity index (χ2v) is 5.94. The molecule has 0 aliphatic carbocycles. The van der Waals surface area contributed by atoms with E-state index in [9.17, 15) is 0 Å². The molecule has 5 heteroatoms. The Labute approximate surface area is 97.0 Å². The molecule has 0 aromatic rings. The molecule has 2 rings (SSSR count). The fourth-order valence-electron chi connectivity index (χ4n) is 1.80. The smallest absolute Gasteiger partial charge is 0.0914 e. The quantitative estimate of drug-likeness (QED) is 0.592. The maximum Gasteiger partial charge on any atom is 0.0914 e. The second kappa shape index (κ2) is 4.37. The fraction of sp³-hybridized carbons (Fsp3) is 0.750. The maximum atomic E-state index is 6.19. The Bertz CT molecular complexity index is 204. The van der Waals surface area contributed by atoms with Gasteiger partial charge in [-0.2, -0.15) is 0 Å². The summed E-state index contributed by atoms with van der Waals surface area (Å²) in [6.07, 6.45) is 3.23. The molecule has 0 amide bonds. The van der Waals surface area contributed by atoms with Crippen molar-refractivity contribution in [2.24, 2.45) is 11.7 Å². The lowest BCUT2D eigenvalue weighted by atomic mass is 10.00. The summed E-state index contributed by atoms with van der Waals surface area (Å²) in [5.41, 5.74) is 6.19. The van der Waals surface area contributed by atoms with Crippen LogP contribution < -0.4 is 11.1 Å². The molecule has 2 heterocycles. The minimum Gasteiger partial charge on any atom is -0.377 e. The van der Waals surface area contributed by atoms with Gasteiger partial charge in [-0.15, -0.1) is 11.8 Å². The third-order valence-corrected chi connectivity index (χ3v) is 4.54. The number of thioether (sulfide) groups is 1. The van der Waals surface area contributed by atoms with Gasteiger partial charge in [-0.1, -0.05) is 0 Å². The number of halogens is 1. The highest BCUT2D eigenvalue weighted by molar-refractivity contribution is 14.1. The van der Waals surface area contributed by atoms with Gasteiger partial charge in [-0.05, 0) is 17.7 Å². The summed E-state index contributed by atoms with van der Waals surface area (Å²) in [5, 5.41) is 5.77. The van der Waals surface area contributed by atoms with Crippen LogP contribution in [0.25, 0.3) is 0 Å². The molecule has 3 N–H and O–H groups in total. The third-order valence-electron chi connectivity index (χ3n) is 2.62. The Morgan fingerprint density at radius 2 is 2.54 bits per heavy atom. The Morgan fingerprint density at radius 3 is 3.08 bits per heavy atom. The van der Waals surface area contributed by atoms with Crippen molar-refractivity contribution in [3.05, 3.63) is 11.6 Å². The van der Waals surface area contributed by atoms with Crippen LogP contribution in [0.1, 0.15) is 6.42 Å². The van der Waals surface area contributed by atoms with Gasteiger partial charge in [0.15, 0.2) is 0 Å². The van der Waals surface area contributed by atoms with Crippen molar-refractivity contribution in [3.8, 4) is 0 Å². The van der Waals surface area contributed by atoms with Crippen molar-refractivity contribution < 1.29 is 0 Å². The average molecular weight is 311 g/mol. The monoisotopic (exact) mass is 311 g/mol. The zero-order valence-electron chi connectivity index (χ0n) is 7.32. The summed E-state index contributed by atoms with van der Waals surface area (Å²) in [7, 11) is 0. The van der Waals surface area contributed by atoms with E-state index in [-0.39, 0.29) is 6.04 Å². The van der Waals surface area contributed by atoms with E-state index in [0.717, 1.165) is 6.54 Å². The van der Waals surface area contributed by atoms with Gasteiger partial charge in [0.25, 0.3) is 0 Å². The van der Waals surface area contributed by atoms with Crippen molar-refractivity contribution in [1.82, 2.24) is 8.43 Å². The molecule has 2 aliphatic heterocycles. The van der Waals surface area contributed by atoms with Crippen LogP contribution in [0, 0.1) is 5.92 Å². The molecule has 3 nitrogen and oxygen atoms in total. The summed E-state index contributed by atoms with van der Waals surface area (Å²) < 4.78 is 2.33. The van der Waals surface area contributed by atoms with Crippen molar-refractivity contribution in [2.45, 2.75) is 17.8 Å². The largest absolute Gasteiger partial charge is 0.377 e. The van der Waals surface area contributed by atoms with Crippen LogP contribution in [0.15, 0.2) is 11.6 Å². The molecule has 1 fully saturated rings. The van der Waals surface area contributed by atoms with E-state index in [1.165, 1.54) is 13.0 Å². The van der Waals surface area contributed by atoms with Crippen LogP contribution in [0.3, 0.4) is 0 Å². The van der Waals surface area contributed by atoms with Gasteiger partial charge in [0.1, 0.15) is 0 Å². The highest BCUT2D eigenvalue weighted by Crippen LogP contribution is 2.28. The van der Waals surface area contributed by atoms with Gasteiger partial charge < -0.3 is 11.1 Å². The van der Waals surface area contributed by atoms with Crippen molar-refractivity contribution in [2.75, 3.05) is 13.1 Å². The molecule has 1 saturated heterocycles. The van der Waals surface area contributed by atoms with Gasteiger partial charge in [0.2, 0.25) is 0 Å². The third kappa shape index (κ3) is 2.31. The predicted octanol–water partition coefficient (Wildman–Crippen LogP) is 1.12. The number of nitrogens with two attached hydrogens (primary N) is 1. The number of rotatable bonds is 2. The molecular formula is C8H14IN3S. The number of nitrogens with one attached hydrogen (secondary N) is 1. The normalized spacial score (nSPS) is 36.5. The van der Waals surface area contributed by atoms with E-state index >= 15 is 0 Å². The molecule has 0 bridgehead atoms. The minimum atomic E-state index is 0.278. The summed E-state index contributed by atoms with van der Waals surface area (Å²) in [6, 6.07) is 0.278. The highest BCUT2D eigenvalue weighted by Gasteiger charge is 2.31. The first-order valence-electron chi connectivity index (χ1n) is 4.50. The van der Waals surface area contributed by atoms with Crippen LogP contribution in [0.4, 0.5) is 0 Å². The van der Waals surface area contributed by atoms with Crippen molar-refractivity contribution >= 4 is 34.6 Å². The van der Waals surface area contributed by atoms with Crippen molar-refractivity contribution in [1.29, 1.82) is 0 Å². The molecule has 3 unspecified atom stereocenters. The lowest BCUT2D eigenvalue weighted by molar-refractivity contribution is 0.417. The summed E-state index contributed by atoms with van der Waals surface area (Å²) in [6.45, 7) is 2.32. The molecule has 0 radical (unpaired) electrons. The topological polar surface area (TPSA) is 41.3 Å². The van der Waals surface area contributed by atoms with Crippen LogP contribution in [0.2, 0.25) is 0 Å². The molecule has 0 aromatic carbocycles. The molecule has 0 saturated carbocycles. The fourth-order valence-corrected chi connectivity index (χ4v) is 3.48. The van der Waals surface area contributed by atoms with Gasteiger partial charge >= 0.3 is 0 Å². The molecule has 13 heavy (non-hydrogen) atoms.